The van der Waals surface area contributed by atoms with Gasteiger partial charge < -0.3 is 10.2 Å². The summed E-state index contributed by atoms with van der Waals surface area (Å²) >= 11 is 0. The summed E-state index contributed by atoms with van der Waals surface area (Å²) in [6, 6.07) is 3.00. The van der Waals surface area contributed by atoms with Crippen LogP contribution < -0.4 is 5.32 Å². The van der Waals surface area contributed by atoms with E-state index >= 15 is 0 Å². The number of carbonyl (C=O) groups excluding carboxylic acids is 1. The first-order chi connectivity index (χ1) is 10.5. The Morgan fingerprint density at radius 2 is 2.05 bits per heavy atom. The number of carbonyl (C=O) groups is 1. The largest absolute Gasteiger partial charge is 0.351 e. The number of aryl methyl sites for hydroxylation is 1. The van der Waals surface area contributed by atoms with Crippen molar-refractivity contribution in [3.8, 4) is 0 Å². The van der Waals surface area contributed by atoms with Crippen LogP contribution in [0.2, 0.25) is 0 Å². The van der Waals surface area contributed by atoms with Crippen LogP contribution in [0, 0.1) is 12.8 Å². The molecule has 1 aliphatic heterocycles. The van der Waals surface area contributed by atoms with Gasteiger partial charge in [0, 0.05) is 12.2 Å². The van der Waals surface area contributed by atoms with Gasteiger partial charge in [-0.05, 0) is 63.9 Å². The van der Waals surface area contributed by atoms with E-state index in [1.807, 2.05) is 0 Å². The molecule has 2 rings (SSSR count). The van der Waals surface area contributed by atoms with Crippen LogP contribution in [0.5, 0.6) is 0 Å². The Morgan fingerprint density at radius 1 is 1.36 bits per heavy atom. The first kappa shape index (κ1) is 16.9. The van der Waals surface area contributed by atoms with E-state index in [9.17, 15) is 13.6 Å². The molecule has 2 heterocycles. The van der Waals surface area contributed by atoms with Crippen molar-refractivity contribution in [2.75, 3.05) is 26.2 Å². The lowest BCUT2D eigenvalue weighted by Gasteiger charge is -2.31. The van der Waals surface area contributed by atoms with Crippen LogP contribution in [-0.2, 0) is 0 Å². The molecular formula is C16H25F2N3O. The van der Waals surface area contributed by atoms with Crippen LogP contribution in [0.3, 0.4) is 0 Å². The van der Waals surface area contributed by atoms with Gasteiger partial charge in [-0.25, -0.2) is 0 Å². The quantitative estimate of drug-likeness (QED) is 0.876. The highest BCUT2D eigenvalue weighted by Crippen LogP contribution is 2.20. The first-order valence-electron chi connectivity index (χ1n) is 7.99. The lowest BCUT2D eigenvalue weighted by Crippen LogP contribution is -2.35. The van der Waals surface area contributed by atoms with Gasteiger partial charge >= 0.3 is 6.55 Å². The third kappa shape index (κ3) is 4.06. The highest BCUT2D eigenvalue weighted by molar-refractivity contribution is 5.92. The van der Waals surface area contributed by atoms with Gasteiger partial charge in [0.2, 0.25) is 0 Å². The Bertz CT molecular complexity index is 494. The maximum Gasteiger partial charge on any atom is 0.319 e. The van der Waals surface area contributed by atoms with Crippen LogP contribution in [-0.4, -0.2) is 41.6 Å². The number of nitrogens with one attached hydrogen (secondary N) is 1. The molecule has 1 fully saturated rings. The minimum absolute atomic E-state index is 0.0355. The Hall–Kier alpha value is -1.43. The summed E-state index contributed by atoms with van der Waals surface area (Å²) in [5.74, 6) is 0.200. The molecule has 6 heteroatoms. The highest BCUT2D eigenvalue weighted by atomic mass is 19.3. The van der Waals surface area contributed by atoms with E-state index in [1.165, 1.54) is 6.07 Å². The minimum atomic E-state index is -2.69. The molecule has 0 saturated carbocycles. The number of piperidine rings is 1. The Balaban J connectivity index is 1.79. The number of nitrogens with zero attached hydrogens (tertiary/aromatic N) is 2. The number of halogens is 2. The van der Waals surface area contributed by atoms with Crippen molar-refractivity contribution < 1.29 is 13.6 Å². The number of likely N-dealkylation sites (tertiary alicyclic amines) is 1. The molecule has 0 atom stereocenters. The normalized spacial score (nSPS) is 17.1. The fourth-order valence-electron chi connectivity index (χ4n) is 3.07. The maximum absolute atomic E-state index is 12.9. The van der Waals surface area contributed by atoms with Gasteiger partial charge in [-0.2, -0.15) is 8.78 Å². The minimum Gasteiger partial charge on any atom is -0.351 e. The second kappa shape index (κ2) is 7.72. The molecule has 1 amide bonds. The number of aromatic nitrogens is 1. The van der Waals surface area contributed by atoms with Crippen molar-refractivity contribution in [1.29, 1.82) is 0 Å². The number of hydrogen-bond acceptors (Lipinski definition) is 2. The molecule has 1 aliphatic rings. The van der Waals surface area contributed by atoms with E-state index in [0.717, 1.165) is 43.5 Å². The van der Waals surface area contributed by atoms with Crippen LogP contribution in [0.1, 0.15) is 48.9 Å². The third-order valence-corrected chi connectivity index (χ3v) is 4.54. The second-order valence-electron chi connectivity index (χ2n) is 5.93. The molecule has 0 unspecified atom stereocenters. The number of alkyl halides is 2. The van der Waals surface area contributed by atoms with E-state index < -0.39 is 12.5 Å². The number of amides is 1. The zero-order chi connectivity index (χ0) is 16.1. The maximum atomic E-state index is 12.9. The van der Waals surface area contributed by atoms with Crippen molar-refractivity contribution in [2.45, 2.75) is 39.7 Å². The summed E-state index contributed by atoms with van der Waals surface area (Å²) in [5, 5.41) is 2.77. The molecular weight excluding hydrogens is 288 g/mol. The van der Waals surface area contributed by atoms with Crippen molar-refractivity contribution in [1.82, 2.24) is 14.8 Å². The molecule has 1 N–H and O–H groups in total. The molecule has 0 aliphatic carbocycles. The summed E-state index contributed by atoms with van der Waals surface area (Å²) in [4.78, 5) is 14.5. The highest BCUT2D eigenvalue weighted by Gasteiger charge is 2.20. The van der Waals surface area contributed by atoms with Gasteiger partial charge in [-0.15, -0.1) is 0 Å². The Kier molecular flexibility index (Phi) is 5.94. The van der Waals surface area contributed by atoms with Crippen LogP contribution in [0.25, 0.3) is 0 Å². The van der Waals surface area contributed by atoms with Crippen molar-refractivity contribution in [2.24, 2.45) is 5.92 Å². The zero-order valence-electron chi connectivity index (χ0n) is 13.3. The molecule has 0 spiro atoms. The van der Waals surface area contributed by atoms with Crippen LogP contribution >= 0.6 is 0 Å². The SMILES string of the molecule is CCN1CCC(CCNC(=O)c2ccc(C)n2C(F)F)CC1. The molecule has 0 bridgehead atoms. The average Bonchev–Trinajstić information content (AvgIpc) is 2.90. The second-order valence-corrected chi connectivity index (χ2v) is 5.93. The Morgan fingerprint density at radius 3 is 2.64 bits per heavy atom. The number of hydrogen-bond donors (Lipinski definition) is 1. The van der Waals surface area contributed by atoms with Gasteiger partial charge in [0.25, 0.3) is 5.91 Å². The predicted octanol–water partition coefficient (Wildman–Crippen LogP) is 3.04. The monoisotopic (exact) mass is 313 g/mol. The third-order valence-electron chi connectivity index (χ3n) is 4.54. The summed E-state index contributed by atoms with van der Waals surface area (Å²) < 4.78 is 26.7. The van der Waals surface area contributed by atoms with E-state index in [-0.39, 0.29) is 5.69 Å². The molecule has 0 radical (unpaired) electrons. The summed E-state index contributed by atoms with van der Waals surface area (Å²) in [5.41, 5.74) is 0.431. The first-order valence-corrected chi connectivity index (χ1v) is 7.99. The van der Waals surface area contributed by atoms with Gasteiger partial charge in [-0.3, -0.25) is 9.36 Å². The zero-order valence-corrected chi connectivity index (χ0v) is 13.3. The van der Waals surface area contributed by atoms with Crippen molar-refractivity contribution >= 4 is 5.91 Å². The fourth-order valence-corrected chi connectivity index (χ4v) is 3.07. The standard InChI is InChI=1S/C16H25F2N3O/c1-3-20-10-7-13(8-11-20)6-9-19-15(22)14-5-4-12(2)21(14)16(17)18/h4-5,13,16H,3,6-11H2,1-2H3,(H,19,22). The van der Waals surface area contributed by atoms with Gasteiger partial charge in [0.1, 0.15) is 5.69 Å². The van der Waals surface area contributed by atoms with E-state index in [1.54, 1.807) is 13.0 Å². The van der Waals surface area contributed by atoms with Gasteiger partial charge in [-0.1, -0.05) is 6.92 Å². The lowest BCUT2D eigenvalue weighted by atomic mass is 9.93. The Labute approximate surface area is 130 Å². The summed E-state index contributed by atoms with van der Waals surface area (Å²) in [6.45, 7) is 4.92. The molecule has 1 aromatic rings. The average molecular weight is 313 g/mol. The van der Waals surface area contributed by atoms with Gasteiger partial charge in [0.15, 0.2) is 0 Å². The molecule has 0 aromatic carbocycles. The molecule has 1 aromatic heterocycles. The molecule has 1 saturated heterocycles. The number of rotatable bonds is 6. The van der Waals surface area contributed by atoms with E-state index in [4.69, 9.17) is 0 Å². The van der Waals surface area contributed by atoms with Crippen LogP contribution in [0.4, 0.5) is 8.78 Å². The topological polar surface area (TPSA) is 37.3 Å². The molecule has 124 valence electrons. The smallest absolute Gasteiger partial charge is 0.319 e. The fraction of sp³-hybridized carbons (Fsp3) is 0.688. The van der Waals surface area contributed by atoms with E-state index in [0.29, 0.717) is 18.2 Å². The van der Waals surface area contributed by atoms with Crippen molar-refractivity contribution in [3.63, 3.8) is 0 Å². The van der Waals surface area contributed by atoms with Crippen LogP contribution in [0.15, 0.2) is 12.1 Å². The molecule has 4 nitrogen and oxygen atoms in total. The van der Waals surface area contributed by atoms with E-state index in [2.05, 4.69) is 17.1 Å². The molecule has 22 heavy (non-hydrogen) atoms. The predicted molar refractivity (Wildman–Crippen MR) is 82.2 cm³/mol. The van der Waals surface area contributed by atoms with Crippen molar-refractivity contribution in [3.05, 3.63) is 23.5 Å². The lowest BCUT2D eigenvalue weighted by molar-refractivity contribution is 0.0617. The summed E-state index contributed by atoms with van der Waals surface area (Å²) in [6.07, 6.45) is 3.21. The van der Waals surface area contributed by atoms with Gasteiger partial charge in [0.05, 0.1) is 0 Å². The summed E-state index contributed by atoms with van der Waals surface area (Å²) in [7, 11) is 0.